The number of hydrogen-bond donors (Lipinski definition) is 0. The van der Waals surface area contributed by atoms with E-state index in [2.05, 4.69) is 4.74 Å². The third kappa shape index (κ3) is 2.69. The van der Waals surface area contributed by atoms with Gasteiger partial charge in [-0.15, -0.1) is 0 Å². The summed E-state index contributed by atoms with van der Waals surface area (Å²) in [6.07, 6.45) is -1.16. The number of hydrogen-bond acceptors (Lipinski definition) is 1. The highest BCUT2D eigenvalue weighted by molar-refractivity contribution is 4.85. The molecule has 0 fully saturated rings. The summed E-state index contributed by atoms with van der Waals surface area (Å²) in [5.41, 5.74) is 0. The quantitative estimate of drug-likeness (QED) is 0.507. The van der Waals surface area contributed by atoms with E-state index in [0.717, 1.165) is 7.11 Å². The van der Waals surface area contributed by atoms with Crippen LogP contribution in [0.5, 0.6) is 0 Å². The van der Waals surface area contributed by atoms with Crippen LogP contribution in [-0.2, 0) is 4.74 Å². The van der Waals surface area contributed by atoms with Gasteiger partial charge in [0.15, 0.2) is 0 Å². The van der Waals surface area contributed by atoms with Crippen molar-refractivity contribution in [3.63, 3.8) is 0 Å². The Kier molecular flexibility index (Phi) is 2.62. The molecule has 0 aromatic rings. The van der Waals surface area contributed by atoms with E-state index in [4.69, 9.17) is 0 Å². The highest BCUT2D eigenvalue weighted by Crippen LogP contribution is 2.14. The Bertz CT molecular complexity index is 88.4. The highest BCUT2D eigenvalue weighted by atomic mass is 19.3. The van der Waals surface area contributed by atoms with Gasteiger partial charge in [-0.3, -0.25) is 0 Å². The van der Waals surface area contributed by atoms with Crippen LogP contribution in [0.15, 0.2) is 12.2 Å². The van der Waals surface area contributed by atoms with Crippen LogP contribution < -0.4 is 0 Å². The minimum Gasteiger partial charge on any atom is -0.320 e. The van der Waals surface area contributed by atoms with Crippen LogP contribution in [0.25, 0.3) is 0 Å². The van der Waals surface area contributed by atoms with Gasteiger partial charge in [-0.25, -0.2) is 0 Å². The van der Waals surface area contributed by atoms with Gasteiger partial charge in [0.1, 0.15) is 0 Å². The largest absolute Gasteiger partial charge is 0.376 e. The van der Waals surface area contributed by atoms with Gasteiger partial charge < -0.3 is 4.74 Å². The molecule has 1 nitrogen and oxygen atoms in total. The molecule has 0 heterocycles. The monoisotopic (exact) mass is 122 g/mol. The van der Waals surface area contributed by atoms with Gasteiger partial charge in [0.05, 0.1) is 0 Å². The second kappa shape index (κ2) is 2.77. The number of ether oxygens (including phenoxy) is 1. The van der Waals surface area contributed by atoms with Crippen molar-refractivity contribution in [2.75, 3.05) is 7.11 Å². The van der Waals surface area contributed by atoms with Gasteiger partial charge in [0.25, 0.3) is 0 Å². The molecule has 0 aromatic heterocycles. The molecule has 48 valence electrons. The van der Waals surface area contributed by atoms with Crippen LogP contribution in [0.2, 0.25) is 0 Å². The molecule has 0 unspecified atom stereocenters. The Balaban J connectivity index is 3.71. The fourth-order valence-corrected chi connectivity index (χ4v) is 0.262. The third-order valence-corrected chi connectivity index (χ3v) is 0.633. The number of methoxy groups -OCH3 is 1. The lowest BCUT2D eigenvalue weighted by molar-refractivity contribution is -0.180. The second-order valence-electron chi connectivity index (χ2n) is 1.27. The molecular formula is C5H8F2O. The van der Waals surface area contributed by atoms with Gasteiger partial charge >= 0.3 is 6.11 Å². The smallest absolute Gasteiger partial charge is 0.320 e. The average molecular weight is 122 g/mol. The summed E-state index contributed by atoms with van der Waals surface area (Å²) in [5.74, 6) is 0. The first-order valence-corrected chi connectivity index (χ1v) is 2.19. The van der Waals surface area contributed by atoms with Crippen LogP contribution in [0, 0.1) is 0 Å². The topological polar surface area (TPSA) is 9.23 Å². The lowest BCUT2D eigenvalue weighted by Crippen LogP contribution is -2.13. The Hall–Kier alpha value is -0.440. The summed E-state index contributed by atoms with van der Waals surface area (Å²) in [7, 11) is 0.958. The van der Waals surface area contributed by atoms with E-state index in [-0.39, 0.29) is 0 Å². The Morgan fingerprint density at radius 1 is 1.50 bits per heavy atom. The molecule has 0 saturated heterocycles. The highest BCUT2D eigenvalue weighted by Gasteiger charge is 2.22. The summed E-state index contributed by atoms with van der Waals surface area (Å²) in [6.45, 7) is 1.51. The maximum absolute atomic E-state index is 11.8. The Labute approximate surface area is 47.0 Å². The van der Waals surface area contributed by atoms with Gasteiger partial charge in [0.2, 0.25) is 0 Å². The van der Waals surface area contributed by atoms with Crippen molar-refractivity contribution < 1.29 is 13.5 Å². The van der Waals surface area contributed by atoms with Gasteiger partial charge in [0, 0.05) is 13.2 Å². The molecule has 0 amide bonds. The lowest BCUT2D eigenvalue weighted by Gasteiger charge is -2.06. The molecule has 0 aliphatic heterocycles. The lowest BCUT2D eigenvalue weighted by atomic mass is 10.5. The van der Waals surface area contributed by atoms with Crippen LogP contribution in [0.1, 0.15) is 6.92 Å². The molecule has 0 aromatic carbocycles. The summed E-state index contributed by atoms with van der Waals surface area (Å²) in [5, 5.41) is 0. The fraction of sp³-hybridized carbons (Fsp3) is 0.600. The molecule has 3 heteroatoms. The maximum Gasteiger partial charge on any atom is 0.376 e. The minimum atomic E-state index is -3.09. The summed E-state index contributed by atoms with van der Waals surface area (Å²) in [6, 6.07) is 0. The molecule has 0 aliphatic rings. The first kappa shape index (κ1) is 7.56. The molecule has 0 N–H and O–H groups in total. The van der Waals surface area contributed by atoms with E-state index >= 15 is 0 Å². The van der Waals surface area contributed by atoms with E-state index < -0.39 is 6.11 Å². The first-order valence-electron chi connectivity index (χ1n) is 2.19. The standard InChI is InChI=1S/C5H8F2O/c1-3-4-5(6,7)8-2/h3-4H,1-2H3/b4-3+. The van der Waals surface area contributed by atoms with Crippen molar-refractivity contribution in [1.82, 2.24) is 0 Å². The Morgan fingerprint density at radius 3 is 2.12 bits per heavy atom. The van der Waals surface area contributed by atoms with E-state index in [9.17, 15) is 8.78 Å². The van der Waals surface area contributed by atoms with E-state index in [1.807, 2.05) is 0 Å². The van der Waals surface area contributed by atoms with Crippen molar-refractivity contribution >= 4 is 0 Å². The number of alkyl halides is 2. The number of halogens is 2. The molecule has 0 spiro atoms. The molecule has 0 saturated carbocycles. The predicted octanol–water partition coefficient (Wildman–Crippen LogP) is 1.80. The molecule has 0 aliphatic carbocycles. The van der Waals surface area contributed by atoms with Crippen molar-refractivity contribution in [1.29, 1.82) is 0 Å². The van der Waals surface area contributed by atoms with E-state index in [1.54, 1.807) is 0 Å². The van der Waals surface area contributed by atoms with Gasteiger partial charge in [-0.2, -0.15) is 8.78 Å². The summed E-state index contributed by atoms with van der Waals surface area (Å²) < 4.78 is 27.4. The molecule has 0 bridgehead atoms. The first-order chi connectivity index (χ1) is 3.62. The van der Waals surface area contributed by atoms with Gasteiger partial charge in [-0.05, 0) is 6.92 Å². The van der Waals surface area contributed by atoms with Crippen molar-refractivity contribution in [3.05, 3.63) is 12.2 Å². The maximum atomic E-state index is 11.8. The zero-order chi connectivity index (χ0) is 6.62. The van der Waals surface area contributed by atoms with Crippen LogP contribution in [-0.4, -0.2) is 13.2 Å². The fourth-order valence-electron chi connectivity index (χ4n) is 0.262. The van der Waals surface area contributed by atoms with Crippen LogP contribution in [0.4, 0.5) is 8.78 Å². The molecule has 0 radical (unpaired) electrons. The molecule has 8 heavy (non-hydrogen) atoms. The predicted molar refractivity (Wildman–Crippen MR) is 26.8 cm³/mol. The number of rotatable bonds is 2. The summed E-state index contributed by atoms with van der Waals surface area (Å²) in [4.78, 5) is 0. The van der Waals surface area contributed by atoms with Crippen molar-refractivity contribution in [2.24, 2.45) is 0 Å². The average Bonchev–Trinajstić information content (AvgIpc) is 1.67. The number of allylic oxidation sites excluding steroid dienone is 1. The molecule has 0 atom stereocenters. The zero-order valence-electron chi connectivity index (χ0n) is 4.82. The SMILES string of the molecule is C/C=C/C(F)(F)OC. The summed E-state index contributed by atoms with van der Waals surface area (Å²) >= 11 is 0. The van der Waals surface area contributed by atoms with E-state index in [0.29, 0.717) is 6.08 Å². The van der Waals surface area contributed by atoms with Crippen LogP contribution in [0.3, 0.4) is 0 Å². The third-order valence-electron chi connectivity index (χ3n) is 0.633. The van der Waals surface area contributed by atoms with Crippen molar-refractivity contribution in [2.45, 2.75) is 13.0 Å². The van der Waals surface area contributed by atoms with Crippen LogP contribution >= 0.6 is 0 Å². The van der Waals surface area contributed by atoms with E-state index in [1.165, 1.54) is 13.0 Å². The van der Waals surface area contributed by atoms with Gasteiger partial charge in [-0.1, -0.05) is 6.08 Å². The van der Waals surface area contributed by atoms with Crippen molar-refractivity contribution in [3.8, 4) is 0 Å². The molecule has 0 rings (SSSR count). The normalized spacial score (nSPS) is 13.0. The zero-order valence-corrected chi connectivity index (χ0v) is 4.82. The Morgan fingerprint density at radius 2 is 2.00 bits per heavy atom. The molecular weight excluding hydrogens is 114 g/mol. The minimum absolute atomic E-state index is 0.688. The second-order valence-corrected chi connectivity index (χ2v) is 1.27.